The number of aromatic nitrogens is 1. The first kappa shape index (κ1) is 14.7. The molecule has 0 unspecified atom stereocenters. The summed E-state index contributed by atoms with van der Waals surface area (Å²) in [5, 5.41) is 15.1. The summed E-state index contributed by atoms with van der Waals surface area (Å²) in [5.74, 6) is -0.0929. The van der Waals surface area contributed by atoms with Gasteiger partial charge in [-0.25, -0.2) is 0 Å². The summed E-state index contributed by atoms with van der Waals surface area (Å²) < 4.78 is 1.88. The van der Waals surface area contributed by atoms with Gasteiger partial charge < -0.3 is 15.2 Å². The van der Waals surface area contributed by atoms with E-state index < -0.39 is 0 Å². The van der Waals surface area contributed by atoms with Crippen LogP contribution >= 0.6 is 0 Å². The van der Waals surface area contributed by atoms with Crippen molar-refractivity contribution in [1.29, 1.82) is 5.26 Å². The third-order valence-electron chi connectivity index (χ3n) is 3.42. The zero-order chi connectivity index (χ0) is 15.4. The van der Waals surface area contributed by atoms with Crippen molar-refractivity contribution in [1.82, 2.24) is 4.57 Å². The Hall–Kier alpha value is -2.74. The highest BCUT2D eigenvalue weighted by Gasteiger charge is 2.08. The number of carbonyl (C=O) groups is 1. The molecule has 0 atom stereocenters. The van der Waals surface area contributed by atoms with Crippen molar-refractivity contribution in [2.24, 2.45) is 7.05 Å². The van der Waals surface area contributed by atoms with Crippen molar-refractivity contribution in [2.45, 2.75) is 20.4 Å². The summed E-state index contributed by atoms with van der Waals surface area (Å²) in [5.41, 5.74) is 4.48. The van der Waals surface area contributed by atoms with E-state index in [2.05, 4.69) is 16.7 Å². The third kappa shape index (κ3) is 3.42. The van der Waals surface area contributed by atoms with Gasteiger partial charge >= 0.3 is 0 Å². The topological polar surface area (TPSA) is 69.8 Å². The molecule has 2 rings (SSSR count). The van der Waals surface area contributed by atoms with Gasteiger partial charge in [0.25, 0.3) is 0 Å². The molecule has 0 saturated carbocycles. The van der Waals surface area contributed by atoms with Crippen LogP contribution in [-0.4, -0.2) is 10.5 Å². The minimum absolute atomic E-state index is 0.0929. The zero-order valence-corrected chi connectivity index (χ0v) is 12.4. The molecule has 1 aromatic carbocycles. The van der Waals surface area contributed by atoms with Gasteiger partial charge in [-0.2, -0.15) is 5.26 Å². The summed E-state index contributed by atoms with van der Waals surface area (Å²) in [4.78, 5) is 11.1. The molecular formula is C16H18N4O. The Morgan fingerprint density at radius 2 is 2.05 bits per heavy atom. The van der Waals surface area contributed by atoms with Crippen LogP contribution in [0.3, 0.4) is 0 Å². The van der Waals surface area contributed by atoms with E-state index in [9.17, 15) is 4.79 Å². The van der Waals surface area contributed by atoms with Crippen molar-refractivity contribution in [2.75, 3.05) is 10.6 Å². The van der Waals surface area contributed by atoms with Crippen molar-refractivity contribution >= 4 is 17.3 Å². The fraction of sp³-hybridized carbons (Fsp3) is 0.250. The Bertz CT molecular complexity index is 710. The van der Waals surface area contributed by atoms with Crippen LogP contribution in [0.5, 0.6) is 0 Å². The van der Waals surface area contributed by atoms with E-state index in [1.165, 1.54) is 6.92 Å². The Labute approximate surface area is 124 Å². The number of hydrogen-bond donors (Lipinski definition) is 2. The standard InChI is InChI=1S/C16H18N4O/c1-11-13(7-16(9-17)20(11)3)10-18-14-5-4-6-15(8-14)19-12(2)21/h4-8,18H,10H2,1-3H3,(H,19,21). The summed E-state index contributed by atoms with van der Waals surface area (Å²) in [6.45, 7) is 4.10. The molecule has 2 N–H and O–H groups in total. The third-order valence-corrected chi connectivity index (χ3v) is 3.42. The van der Waals surface area contributed by atoms with Crippen molar-refractivity contribution < 1.29 is 4.79 Å². The molecule has 1 aromatic heterocycles. The predicted octanol–water partition coefficient (Wildman–Crippen LogP) is 2.78. The number of nitrogens with one attached hydrogen (secondary N) is 2. The van der Waals surface area contributed by atoms with Gasteiger partial charge in [-0.1, -0.05) is 6.07 Å². The highest BCUT2D eigenvalue weighted by atomic mass is 16.1. The van der Waals surface area contributed by atoms with Crippen LogP contribution in [0.25, 0.3) is 0 Å². The van der Waals surface area contributed by atoms with E-state index in [0.717, 1.165) is 22.6 Å². The molecule has 1 amide bonds. The first-order valence-electron chi connectivity index (χ1n) is 6.68. The second kappa shape index (κ2) is 6.14. The number of rotatable bonds is 4. The van der Waals surface area contributed by atoms with Gasteiger partial charge in [0.05, 0.1) is 0 Å². The van der Waals surface area contributed by atoms with Gasteiger partial charge in [-0.05, 0) is 36.8 Å². The maximum Gasteiger partial charge on any atom is 0.221 e. The van der Waals surface area contributed by atoms with Gasteiger partial charge in [-0.15, -0.1) is 0 Å². The maximum atomic E-state index is 11.1. The number of benzene rings is 1. The largest absolute Gasteiger partial charge is 0.381 e. The average molecular weight is 282 g/mol. The Morgan fingerprint density at radius 3 is 2.67 bits per heavy atom. The number of anilines is 2. The molecule has 0 radical (unpaired) electrons. The summed E-state index contributed by atoms with van der Waals surface area (Å²) in [6, 6.07) is 11.6. The molecule has 0 bridgehead atoms. The van der Waals surface area contributed by atoms with Crippen molar-refractivity contribution in [3.05, 3.63) is 47.3 Å². The van der Waals surface area contributed by atoms with E-state index in [0.29, 0.717) is 12.2 Å². The van der Waals surface area contributed by atoms with Crippen LogP contribution in [0.1, 0.15) is 23.9 Å². The van der Waals surface area contributed by atoms with Crippen LogP contribution in [-0.2, 0) is 18.4 Å². The highest BCUT2D eigenvalue weighted by Crippen LogP contribution is 2.18. The lowest BCUT2D eigenvalue weighted by molar-refractivity contribution is -0.114. The minimum atomic E-state index is -0.0929. The molecule has 5 nitrogen and oxygen atoms in total. The fourth-order valence-corrected chi connectivity index (χ4v) is 2.16. The Balaban J connectivity index is 2.10. The van der Waals surface area contributed by atoms with Gasteiger partial charge in [-0.3, -0.25) is 4.79 Å². The molecule has 0 saturated heterocycles. The van der Waals surface area contributed by atoms with Crippen molar-refractivity contribution in [3.63, 3.8) is 0 Å². The smallest absolute Gasteiger partial charge is 0.221 e. The fourth-order valence-electron chi connectivity index (χ4n) is 2.16. The quantitative estimate of drug-likeness (QED) is 0.906. The van der Waals surface area contributed by atoms with E-state index >= 15 is 0 Å². The second-order valence-electron chi connectivity index (χ2n) is 4.93. The Morgan fingerprint density at radius 1 is 1.33 bits per heavy atom. The monoisotopic (exact) mass is 282 g/mol. The zero-order valence-electron chi connectivity index (χ0n) is 12.4. The van der Waals surface area contributed by atoms with Gasteiger partial charge in [0.2, 0.25) is 5.91 Å². The molecule has 0 spiro atoms. The number of nitrogens with zero attached hydrogens (tertiary/aromatic N) is 2. The molecule has 0 aliphatic rings. The normalized spacial score (nSPS) is 10.0. The highest BCUT2D eigenvalue weighted by molar-refractivity contribution is 5.89. The number of carbonyl (C=O) groups excluding carboxylic acids is 1. The first-order chi connectivity index (χ1) is 10.0. The molecule has 108 valence electrons. The van der Waals surface area contributed by atoms with Crippen LogP contribution < -0.4 is 10.6 Å². The van der Waals surface area contributed by atoms with E-state index in [-0.39, 0.29) is 5.91 Å². The molecule has 0 aliphatic carbocycles. The van der Waals surface area contributed by atoms with Gasteiger partial charge in [0, 0.05) is 37.6 Å². The summed E-state index contributed by atoms with van der Waals surface area (Å²) >= 11 is 0. The summed E-state index contributed by atoms with van der Waals surface area (Å²) in [6.07, 6.45) is 0. The van der Waals surface area contributed by atoms with E-state index in [4.69, 9.17) is 5.26 Å². The average Bonchev–Trinajstić information content (AvgIpc) is 2.72. The van der Waals surface area contributed by atoms with Gasteiger partial charge in [0.15, 0.2) is 0 Å². The summed E-state index contributed by atoms with van der Waals surface area (Å²) in [7, 11) is 1.88. The van der Waals surface area contributed by atoms with Crippen LogP contribution in [0, 0.1) is 18.3 Å². The van der Waals surface area contributed by atoms with Crippen LogP contribution in [0.2, 0.25) is 0 Å². The molecule has 0 aliphatic heterocycles. The SMILES string of the molecule is CC(=O)Nc1cccc(NCc2cc(C#N)n(C)c2C)c1. The molecule has 0 fully saturated rings. The van der Waals surface area contributed by atoms with E-state index in [1.807, 2.05) is 48.9 Å². The minimum Gasteiger partial charge on any atom is -0.381 e. The van der Waals surface area contributed by atoms with Gasteiger partial charge in [0.1, 0.15) is 11.8 Å². The predicted molar refractivity (Wildman–Crippen MR) is 82.9 cm³/mol. The second-order valence-corrected chi connectivity index (χ2v) is 4.93. The lowest BCUT2D eigenvalue weighted by Gasteiger charge is -2.09. The molecule has 21 heavy (non-hydrogen) atoms. The molecule has 2 aromatic rings. The number of amides is 1. The molecule has 1 heterocycles. The number of nitriles is 1. The van der Waals surface area contributed by atoms with Crippen LogP contribution in [0.15, 0.2) is 30.3 Å². The van der Waals surface area contributed by atoms with E-state index in [1.54, 1.807) is 0 Å². The molecule has 5 heteroatoms. The lowest BCUT2D eigenvalue weighted by atomic mass is 10.2. The Kier molecular flexibility index (Phi) is 4.29. The maximum absolute atomic E-state index is 11.1. The number of hydrogen-bond acceptors (Lipinski definition) is 3. The van der Waals surface area contributed by atoms with Crippen LogP contribution in [0.4, 0.5) is 11.4 Å². The lowest BCUT2D eigenvalue weighted by Crippen LogP contribution is -2.06. The first-order valence-corrected chi connectivity index (χ1v) is 6.68. The molecular weight excluding hydrogens is 264 g/mol. The van der Waals surface area contributed by atoms with Crippen molar-refractivity contribution in [3.8, 4) is 6.07 Å².